The van der Waals surface area contributed by atoms with E-state index in [1.165, 1.54) is 37.2 Å². The van der Waals surface area contributed by atoms with E-state index in [0.29, 0.717) is 12.2 Å². The Labute approximate surface area is 213 Å². The number of hydrogen-bond donors (Lipinski definition) is 2. The van der Waals surface area contributed by atoms with Crippen LogP contribution in [0, 0.1) is 0 Å². The van der Waals surface area contributed by atoms with Gasteiger partial charge in [-0.1, -0.05) is 29.5 Å². The standard InChI is InChI=1S/C25H28N8O2S/c26-24-28-25(30-33(24)23(34)19-7-5-18(6-8-19)22-17-36-31-29-22)27-20-9-11-21(12-10-20)35-16-15-32-13-3-1-2-4-14-32/h5-12,17H,1-4,13-16H2,(H3,26,27,28,30). The van der Waals surface area contributed by atoms with Gasteiger partial charge in [-0.25, -0.2) is 0 Å². The van der Waals surface area contributed by atoms with Crippen LogP contribution in [0.3, 0.4) is 0 Å². The van der Waals surface area contributed by atoms with E-state index in [1.54, 1.807) is 12.1 Å². The molecule has 1 aliphatic heterocycles. The molecule has 0 atom stereocenters. The lowest BCUT2D eigenvalue weighted by atomic mass is 10.1. The van der Waals surface area contributed by atoms with Gasteiger partial charge in [-0.2, -0.15) is 9.67 Å². The Balaban J connectivity index is 1.16. The third kappa shape index (κ3) is 5.86. The third-order valence-electron chi connectivity index (χ3n) is 6.10. The summed E-state index contributed by atoms with van der Waals surface area (Å²) in [7, 11) is 0. The maximum atomic E-state index is 12.9. The first-order chi connectivity index (χ1) is 17.7. The summed E-state index contributed by atoms with van der Waals surface area (Å²) in [4.78, 5) is 19.6. The molecule has 0 amide bonds. The van der Waals surface area contributed by atoms with Crippen molar-refractivity contribution in [3.8, 4) is 17.0 Å². The second-order valence-corrected chi connectivity index (χ2v) is 9.24. The van der Waals surface area contributed by atoms with Gasteiger partial charge in [0.05, 0.1) is 0 Å². The predicted octanol–water partition coefficient (Wildman–Crippen LogP) is 4.07. The highest BCUT2D eigenvalue weighted by Gasteiger charge is 2.17. The van der Waals surface area contributed by atoms with Crippen molar-refractivity contribution >= 4 is 35.0 Å². The van der Waals surface area contributed by atoms with Crippen molar-refractivity contribution in [2.24, 2.45) is 0 Å². The zero-order valence-corrected chi connectivity index (χ0v) is 20.7. The van der Waals surface area contributed by atoms with Crippen LogP contribution in [-0.4, -0.2) is 61.4 Å². The fraction of sp³-hybridized carbons (Fsp3) is 0.320. The molecule has 0 unspecified atom stereocenters. The van der Waals surface area contributed by atoms with E-state index >= 15 is 0 Å². The van der Waals surface area contributed by atoms with Gasteiger partial charge in [0, 0.05) is 28.7 Å². The fourth-order valence-corrected chi connectivity index (χ4v) is 4.60. The Morgan fingerprint density at radius 3 is 2.47 bits per heavy atom. The van der Waals surface area contributed by atoms with Gasteiger partial charge in [0.25, 0.3) is 5.91 Å². The largest absolute Gasteiger partial charge is 0.492 e. The van der Waals surface area contributed by atoms with Crippen LogP contribution in [-0.2, 0) is 0 Å². The number of nitrogen functional groups attached to an aromatic ring is 1. The summed E-state index contributed by atoms with van der Waals surface area (Å²) in [6, 6.07) is 14.6. The molecule has 10 nitrogen and oxygen atoms in total. The Morgan fingerprint density at radius 1 is 1.03 bits per heavy atom. The van der Waals surface area contributed by atoms with E-state index in [-0.39, 0.29) is 17.8 Å². The molecule has 0 saturated carbocycles. The molecule has 0 bridgehead atoms. The lowest BCUT2D eigenvalue weighted by Crippen LogP contribution is -2.29. The van der Waals surface area contributed by atoms with Gasteiger partial charge in [0.2, 0.25) is 11.9 Å². The Hall–Kier alpha value is -3.83. The summed E-state index contributed by atoms with van der Waals surface area (Å²) in [5, 5.41) is 13.2. The van der Waals surface area contributed by atoms with E-state index in [0.717, 1.165) is 47.0 Å². The van der Waals surface area contributed by atoms with Crippen LogP contribution in [0.25, 0.3) is 11.3 Å². The zero-order valence-electron chi connectivity index (χ0n) is 19.8. The predicted molar refractivity (Wildman–Crippen MR) is 140 cm³/mol. The summed E-state index contributed by atoms with van der Waals surface area (Å²) in [6.45, 7) is 3.93. The molecule has 5 rings (SSSR count). The average molecular weight is 505 g/mol. The number of aromatic nitrogens is 5. The van der Waals surface area contributed by atoms with E-state index in [2.05, 4.69) is 29.9 Å². The molecule has 4 aromatic rings. The van der Waals surface area contributed by atoms with Crippen molar-refractivity contribution in [1.82, 2.24) is 29.3 Å². The number of nitrogens with zero attached hydrogens (tertiary/aromatic N) is 6. The minimum Gasteiger partial charge on any atom is -0.492 e. The summed E-state index contributed by atoms with van der Waals surface area (Å²) < 4.78 is 10.9. The summed E-state index contributed by atoms with van der Waals surface area (Å²) in [5.74, 6) is 0.675. The normalized spacial score (nSPS) is 14.3. The maximum Gasteiger partial charge on any atom is 0.281 e. The SMILES string of the molecule is Nc1nc(Nc2ccc(OCCN3CCCCCC3)cc2)nn1C(=O)c1ccc(-c2csnn2)cc1. The van der Waals surface area contributed by atoms with Crippen LogP contribution < -0.4 is 15.8 Å². The van der Waals surface area contributed by atoms with Gasteiger partial charge in [0.15, 0.2) is 0 Å². The van der Waals surface area contributed by atoms with E-state index in [9.17, 15) is 4.79 Å². The molecule has 1 aliphatic rings. The quantitative estimate of drug-likeness (QED) is 0.365. The van der Waals surface area contributed by atoms with Crippen molar-refractivity contribution in [1.29, 1.82) is 0 Å². The Morgan fingerprint density at radius 2 is 1.78 bits per heavy atom. The molecule has 2 aromatic carbocycles. The first kappa shape index (κ1) is 23.9. The molecular weight excluding hydrogens is 476 g/mol. The number of anilines is 3. The first-order valence-corrected chi connectivity index (χ1v) is 12.9. The van der Waals surface area contributed by atoms with Crippen molar-refractivity contribution in [3.63, 3.8) is 0 Å². The number of nitrogens with two attached hydrogens (primary N) is 1. The van der Waals surface area contributed by atoms with Crippen molar-refractivity contribution in [3.05, 3.63) is 59.5 Å². The van der Waals surface area contributed by atoms with Crippen molar-refractivity contribution < 1.29 is 9.53 Å². The number of hydrogen-bond acceptors (Lipinski definition) is 10. The first-order valence-electron chi connectivity index (χ1n) is 12.0. The Kier molecular flexibility index (Phi) is 7.48. The number of carbonyl (C=O) groups is 1. The lowest BCUT2D eigenvalue weighted by Gasteiger charge is -2.19. The number of rotatable bonds is 8. The molecule has 0 radical (unpaired) electrons. The van der Waals surface area contributed by atoms with Crippen LogP contribution in [0.15, 0.2) is 53.9 Å². The smallest absolute Gasteiger partial charge is 0.281 e. The fourth-order valence-electron chi connectivity index (χ4n) is 4.14. The van der Waals surface area contributed by atoms with E-state index < -0.39 is 0 Å². The van der Waals surface area contributed by atoms with Gasteiger partial charge >= 0.3 is 0 Å². The molecule has 1 saturated heterocycles. The highest BCUT2D eigenvalue weighted by molar-refractivity contribution is 7.03. The lowest BCUT2D eigenvalue weighted by molar-refractivity contribution is 0.0948. The van der Waals surface area contributed by atoms with Gasteiger partial charge in [-0.3, -0.25) is 9.69 Å². The Bertz CT molecular complexity index is 1260. The van der Waals surface area contributed by atoms with Gasteiger partial charge in [-0.05, 0) is 73.9 Å². The topological polar surface area (TPSA) is 124 Å². The van der Waals surface area contributed by atoms with Gasteiger partial charge in [0.1, 0.15) is 18.1 Å². The minimum atomic E-state index is -0.371. The number of likely N-dealkylation sites (tertiary alicyclic amines) is 1. The molecule has 1 fully saturated rings. The van der Waals surface area contributed by atoms with Gasteiger partial charge in [-0.15, -0.1) is 10.2 Å². The monoisotopic (exact) mass is 504 g/mol. The van der Waals surface area contributed by atoms with Crippen molar-refractivity contribution in [2.75, 3.05) is 37.3 Å². The molecule has 0 aliphatic carbocycles. The molecular formula is C25H28N8O2S. The third-order valence-corrected chi connectivity index (χ3v) is 6.60. The highest BCUT2D eigenvalue weighted by Crippen LogP contribution is 2.21. The van der Waals surface area contributed by atoms with Crippen LogP contribution in [0.1, 0.15) is 36.0 Å². The van der Waals surface area contributed by atoms with Crippen LogP contribution in [0.5, 0.6) is 5.75 Å². The van der Waals surface area contributed by atoms with Gasteiger partial charge < -0.3 is 15.8 Å². The molecule has 0 spiro atoms. The summed E-state index contributed by atoms with van der Waals surface area (Å²) in [6.07, 6.45) is 5.21. The molecule has 11 heteroatoms. The molecule has 2 aromatic heterocycles. The zero-order chi connectivity index (χ0) is 24.7. The van der Waals surface area contributed by atoms with E-state index in [1.807, 2.05) is 41.8 Å². The van der Waals surface area contributed by atoms with Crippen LogP contribution >= 0.6 is 11.5 Å². The maximum absolute atomic E-state index is 12.9. The second-order valence-electron chi connectivity index (χ2n) is 8.63. The second kappa shape index (κ2) is 11.3. The molecule has 3 N–H and O–H groups in total. The van der Waals surface area contributed by atoms with Crippen molar-refractivity contribution in [2.45, 2.75) is 25.7 Å². The number of nitrogens with one attached hydrogen (secondary N) is 1. The minimum absolute atomic E-state index is 0.00347. The summed E-state index contributed by atoms with van der Waals surface area (Å²) >= 11 is 1.27. The van der Waals surface area contributed by atoms with Crippen LogP contribution in [0.2, 0.25) is 0 Å². The number of benzene rings is 2. The number of ether oxygens (including phenoxy) is 1. The average Bonchev–Trinajstić information content (AvgIpc) is 3.49. The number of carbonyl (C=O) groups excluding carboxylic acids is 1. The molecule has 36 heavy (non-hydrogen) atoms. The summed E-state index contributed by atoms with van der Waals surface area (Å²) in [5.41, 5.74) is 8.82. The molecule has 3 heterocycles. The van der Waals surface area contributed by atoms with Crippen LogP contribution in [0.4, 0.5) is 17.6 Å². The highest BCUT2D eigenvalue weighted by atomic mass is 32.1. The molecule has 186 valence electrons. The van der Waals surface area contributed by atoms with E-state index in [4.69, 9.17) is 10.5 Å².